The average Bonchev–Trinajstić information content (AvgIpc) is 2.81. The highest BCUT2D eigenvalue weighted by Crippen LogP contribution is 2.44. The van der Waals surface area contributed by atoms with Crippen LogP contribution in [0.5, 0.6) is 5.75 Å². The number of hydrogen-bond donors (Lipinski definition) is 1. The summed E-state index contributed by atoms with van der Waals surface area (Å²) in [5.41, 5.74) is 4.41. The number of carbonyl (C=O) groups excluding carboxylic acids is 1. The lowest BCUT2D eigenvalue weighted by molar-refractivity contribution is -0.0361. The van der Waals surface area contributed by atoms with Gasteiger partial charge in [-0.3, -0.25) is 4.90 Å². The van der Waals surface area contributed by atoms with Crippen LogP contribution in [0.4, 0.5) is 4.79 Å². The van der Waals surface area contributed by atoms with Crippen LogP contribution in [0.15, 0.2) is 42.5 Å². The lowest BCUT2D eigenvalue weighted by Crippen LogP contribution is -2.53. The molecular weight excluding hydrogens is 412 g/mol. The summed E-state index contributed by atoms with van der Waals surface area (Å²) < 4.78 is 12.1. The Morgan fingerprint density at radius 2 is 1.88 bits per heavy atom. The summed E-state index contributed by atoms with van der Waals surface area (Å²) in [5.74, 6) is 1.82. The van der Waals surface area contributed by atoms with Crippen molar-refractivity contribution in [2.24, 2.45) is 11.3 Å². The minimum absolute atomic E-state index is 0.00512. The minimum atomic E-state index is -0.312. The highest BCUT2D eigenvalue weighted by molar-refractivity contribution is 5.70. The summed E-state index contributed by atoms with van der Waals surface area (Å²) in [6.45, 7) is 12.4. The largest absolute Gasteiger partial charge is 0.493 e. The lowest BCUT2D eigenvalue weighted by Gasteiger charge is -2.44. The van der Waals surface area contributed by atoms with Crippen molar-refractivity contribution in [2.75, 3.05) is 26.2 Å². The topological polar surface area (TPSA) is 50.8 Å². The van der Waals surface area contributed by atoms with Crippen molar-refractivity contribution in [1.82, 2.24) is 10.2 Å². The predicted octanol–water partition coefficient (Wildman–Crippen LogP) is 5.76. The van der Waals surface area contributed by atoms with Crippen molar-refractivity contribution in [1.29, 1.82) is 0 Å². The third-order valence-corrected chi connectivity index (χ3v) is 7.71. The van der Waals surface area contributed by atoms with Crippen LogP contribution >= 0.6 is 0 Å². The molecule has 2 aromatic rings. The van der Waals surface area contributed by atoms with Gasteiger partial charge in [0.2, 0.25) is 0 Å². The third-order valence-electron chi connectivity index (χ3n) is 7.71. The standard InChI is InChI=1S/C28H36N2O3/c1-18(2)20-6-5-7-21(14-20)22-8-9-23-24(15-22)32-17-28(3,4)26(23)29-27(31)33-25-16-30-12-10-19(25)11-13-30/h5-9,14-15,18-19,25-26H,10-13,16-17H2,1-4H3,(H,29,31)/t25-,26?/m1/s1. The van der Waals surface area contributed by atoms with Crippen LogP contribution in [0.25, 0.3) is 11.1 Å². The molecule has 0 saturated carbocycles. The van der Waals surface area contributed by atoms with Gasteiger partial charge in [0.05, 0.1) is 12.6 Å². The fourth-order valence-corrected chi connectivity index (χ4v) is 5.53. The number of fused-ring (bicyclic) bond motifs is 4. The van der Waals surface area contributed by atoms with E-state index in [-0.39, 0.29) is 23.7 Å². The number of nitrogens with one attached hydrogen (secondary N) is 1. The Bertz CT molecular complexity index is 1020. The zero-order valence-corrected chi connectivity index (χ0v) is 20.3. The molecule has 5 heteroatoms. The third kappa shape index (κ3) is 4.48. The van der Waals surface area contributed by atoms with Crippen molar-refractivity contribution in [3.63, 3.8) is 0 Å². The molecule has 0 aromatic heterocycles. The molecule has 5 nitrogen and oxygen atoms in total. The number of piperidine rings is 3. The summed E-state index contributed by atoms with van der Waals surface area (Å²) in [5, 5.41) is 3.20. The summed E-state index contributed by atoms with van der Waals surface area (Å²) in [6, 6.07) is 14.9. The Labute approximate surface area is 197 Å². The second kappa shape index (κ2) is 8.68. The van der Waals surface area contributed by atoms with Gasteiger partial charge in [0.15, 0.2) is 0 Å². The molecular formula is C28H36N2O3. The van der Waals surface area contributed by atoms with Crippen LogP contribution in [0.3, 0.4) is 0 Å². The van der Waals surface area contributed by atoms with Gasteiger partial charge >= 0.3 is 6.09 Å². The van der Waals surface area contributed by atoms with E-state index in [4.69, 9.17) is 9.47 Å². The van der Waals surface area contributed by atoms with E-state index in [1.165, 1.54) is 11.1 Å². The van der Waals surface area contributed by atoms with Crippen molar-refractivity contribution < 1.29 is 14.3 Å². The van der Waals surface area contributed by atoms with E-state index < -0.39 is 0 Å². The van der Waals surface area contributed by atoms with Crippen LogP contribution in [-0.4, -0.2) is 43.3 Å². The Morgan fingerprint density at radius 1 is 1.12 bits per heavy atom. The van der Waals surface area contributed by atoms with Crippen LogP contribution < -0.4 is 10.1 Å². The molecule has 0 spiro atoms. The van der Waals surface area contributed by atoms with E-state index in [1.54, 1.807) is 0 Å². The van der Waals surface area contributed by atoms with E-state index in [1.807, 2.05) is 0 Å². The van der Waals surface area contributed by atoms with Gasteiger partial charge in [-0.2, -0.15) is 0 Å². The number of benzene rings is 2. The van der Waals surface area contributed by atoms with Crippen LogP contribution in [0.1, 0.15) is 63.6 Å². The maximum absolute atomic E-state index is 13.0. The highest BCUT2D eigenvalue weighted by Gasteiger charge is 2.41. The molecule has 4 heterocycles. The molecule has 4 aliphatic rings. The Morgan fingerprint density at radius 3 is 2.58 bits per heavy atom. The van der Waals surface area contributed by atoms with Crippen LogP contribution in [0, 0.1) is 11.3 Å². The maximum atomic E-state index is 13.0. The Hall–Kier alpha value is -2.53. The molecule has 4 aliphatic heterocycles. The molecule has 3 saturated heterocycles. The predicted molar refractivity (Wildman–Crippen MR) is 131 cm³/mol. The van der Waals surface area contributed by atoms with Gasteiger partial charge in [-0.15, -0.1) is 0 Å². The number of hydrogen-bond acceptors (Lipinski definition) is 4. The SMILES string of the molecule is CC(C)c1cccc(-c2ccc3c(c2)OCC(C)(C)C3NC(=O)O[C@@H]2CN3CCC2CC3)c1. The smallest absolute Gasteiger partial charge is 0.407 e. The molecule has 0 aliphatic carbocycles. The minimum Gasteiger partial charge on any atom is -0.493 e. The van der Waals surface area contributed by atoms with Gasteiger partial charge in [-0.05, 0) is 60.5 Å². The first kappa shape index (κ1) is 22.3. The number of carbonyl (C=O) groups is 1. The van der Waals surface area contributed by atoms with E-state index in [0.717, 1.165) is 49.4 Å². The first-order valence-electron chi connectivity index (χ1n) is 12.4. The molecule has 2 atom stereocenters. The van der Waals surface area contributed by atoms with Gasteiger partial charge in [-0.1, -0.05) is 64.1 Å². The van der Waals surface area contributed by atoms with Crippen molar-refractivity contribution in [2.45, 2.75) is 58.6 Å². The monoisotopic (exact) mass is 448 g/mol. The Kier molecular flexibility index (Phi) is 5.86. The Balaban J connectivity index is 1.35. The van der Waals surface area contributed by atoms with Crippen molar-refractivity contribution in [3.05, 3.63) is 53.6 Å². The zero-order valence-electron chi connectivity index (χ0n) is 20.3. The average molecular weight is 449 g/mol. The number of amides is 1. The van der Waals surface area contributed by atoms with Crippen molar-refractivity contribution in [3.8, 4) is 16.9 Å². The van der Waals surface area contributed by atoms with Gasteiger partial charge in [0, 0.05) is 17.5 Å². The number of alkyl carbamates (subject to hydrolysis) is 1. The summed E-state index contributed by atoms with van der Waals surface area (Å²) in [4.78, 5) is 15.4. The highest BCUT2D eigenvalue weighted by atomic mass is 16.6. The first-order chi connectivity index (χ1) is 15.8. The van der Waals surface area contributed by atoms with Gasteiger partial charge in [0.1, 0.15) is 11.9 Å². The molecule has 1 N–H and O–H groups in total. The second-order valence-corrected chi connectivity index (χ2v) is 11.0. The lowest BCUT2D eigenvalue weighted by atomic mass is 9.78. The summed E-state index contributed by atoms with van der Waals surface area (Å²) in [6.07, 6.45) is 1.95. The number of rotatable bonds is 4. The zero-order chi connectivity index (χ0) is 23.2. The normalized spacial score (nSPS) is 27.5. The molecule has 33 heavy (non-hydrogen) atoms. The fraction of sp³-hybridized carbons (Fsp3) is 0.536. The van der Waals surface area contributed by atoms with Gasteiger partial charge in [0.25, 0.3) is 0 Å². The molecule has 2 aromatic carbocycles. The van der Waals surface area contributed by atoms with E-state index in [0.29, 0.717) is 18.4 Å². The molecule has 3 fully saturated rings. The first-order valence-corrected chi connectivity index (χ1v) is 12.4. The van der Waals surface area contributed by atoms with Crippen molar-refractivity contribution >= 4 is 6.09 Å². The molecule has 2 bridgehead atoms. The second-order valence-electron chi connectivity index (χ2n) is 11.0. The molecule has 1 amide bonds. The number of nitrogens with zero attached hydrogens (tertiary/aromatic N) is 1. The molecule has 0 radical (unpaired) electrons. The maximum Gasteiger partial charge on any atom is 0.407 e. The van der Waals surface area contributed by atoms with Gasteiger partial charge in [-0.25, -0.2) is 4.79 Å². The fourth-order valence-electron chi connectivity index (χ4n) is 5.53. The summed E-state index contributed by atoms with van der Waals surface area (Å²) in [7, 11) is 0. The molecule has 176 valence electrons. The quantitative estimate of drug-likeness (QED) is 0.646. The molecule has 1 unspecified atom stereocenters. The molecule has 6 rings (SSSR count). The number of ether oxygens (including phenoxy) is 2. The van der Waals surface area contributed by atoms with E-state index in [9.17, 15) is 4.79 Å². The van der Waals surface area contributed by atoms with Gasteiger partial charge < -0.3 is 14.8 Å². The summed E-state index contributed by atoms with van der Waals surface area (Å²) >= 11 is 0. The van der Waals surface area contributed by atoms with Crippen LogP contribution in [0.2, 0.25) is 0 Å². The van der Waals surface area contributed by atoms with Crippen LogP contribution in [-0.2, 0) is 4.74 Å². The van der Waals surface area contributed by atoms with E-state index >= 15 is 0 Å². The van der Waals surface area contributed by atoms with E-state index in [2.05, 4.69) is 80.4 Å².